The highest BCUT2D eigenvalue weighted by Crippen LogP contribution is 2.27. The van der Waals surface area contributed by atoms with Crippen molar-refractivity contribution in [3.63, 3.8) is 0 Å². The summed E-state index contributed by atoms with van der Waals surface area (Å²) < 4.78 is 5.26. The fourth-order valence-corrected chi connectivity index (χ4v) is 4.03. The third-order valence-electron chi connectivity index (χ3n) is 5.65. The largest absolute Gasteiger partial charge is 0.497 e. The van der Waals surface area contributed by atoms with Crippen LogP contribution in [0, 0.1) is 0 Å². The van der Waals surface area contributed by atoms with E-state index in [4.69, 9.17) is 4.74 Å². The number of aromatic amines is 1. The zero-order valence-electron chi connectivity index (χ0n) is 15.4. The monoisotopic (exact) mass is 354 g/mol. The van der Waals surface area contributed by atoms with Gasteiger partial charge in [0.15, 0.2) is 0 Å². The van der Waals surface area contributed by atoms with Gasteiger partial charge < -0.3 is 9.64 Å². The third kappa shape index (κ3) is 3.21. The van der Waals surface area contributed by atoms with Crippen LogP contribution in [0.15, 0.2) is 30.3 Å². The Morgan fingerprint density at radius 3 is 2.88 bits per heavy atom. The number of carbonyl (C=O) groups is 1. The first kappa shape index (κ1) is 17.1. The smallest absolute Gasteiger partial charge is 0.271 e. The second-order valence-electron chi connectivity index (χ2n) is 7.35. The van der Waals surface area contributed by atoms with Crippen molar-refractivity contribution in [2.75, 3.05) is 26.7 Å². The SMILES string of the molecule is COc1cccc(-c2cc(C(=O)N3CC(N4CCCCC4C)C3)[nH]n2)c1. The normalized spacial score (nSPS) is 21.5. The topological polar surface area (TPSA) is 61.5 Å². The van der Waals surface area contributed by atoms with Crippen molar-refractivity contribution in [3.05, 3.63) is 36.0 Å². The molecule has 1 N–H and O–H groups in total. The summed E-state index contributed by atoms with van der Waals surface area (Å²) in [5, 5.41) is 7.20. The standard InChI is InChI=1S/C20H26N4O2/c1-14-6-3-4-9-24(14)16-12-23(13-16)20(25)19-11-18(21-22-19)15-7-5-8-17(10-15)26-2/h5,7-8,10-11,14,16H,3-4,6,9,12-13H2,1-2H3,(H,21,22). The van der Waals surface area contributed by atoms with Crippen LogP contribution in [0.2, 0.25) is 0 Å². The summed E-state index contributed by atoms with van der Waals surface area (Å²) in [5.41, 5.74) is 2.24. The molecular weight excluding hydrogens is 328 g/mol. The van der Waals surface area contributed by atoms with E-state index in [0.29, 0.717) is 17.8 Å². The summed E-state index contributed by atoms with van der Waals surface area (Å²) in [6.45, 7) is 5.10. The summed E-state index contributed by atoms with van der Waals surface area (Å²) in [5.74, 6) is 0.812. The maximum atomic E-state index is 12.7. The molecule has 0 aliphatic carbocycles. The van der Waals surface area contributed by atoms with E-state index in [2.05, 4.69) is 22.0 Å². The summed E-state index contributed by atoms with van der Waals surface area (Å²) >= 11 is 0. The van der Waals surface area contributed by atoms with Gasteiger partial charge in [0.05, 0.1) is 12.8 Å². The molecule has 4 rings (SSSR count). The maximum Gasteiger partial charge on any atom is 0.271 e. The molecule has 2 saturated heterocycles. The van der Waals surface area contributed by atoms with E-state index in [1.54, 1.807) is 7.11 Å². The molecule has 2 fully saturated rings. The molecule has 6 heteroatoms. The number of rotatable bonds is 4. The number of amides is 1. The first-order valence-electron chi connectivity index (χ1n) is 9.40. The number of aromatic nitrogens is 2. The van der Waals surface area contributed by atoms with Gasteiger partial charge in [0, 0.05) is 30.7 Å². The van der Waals surface area contributed by atoms with Gasteiger partial charge >= 0.3 is 0 Å². The lowest BCUT2D eigenvalue weighted by atomic mass is 9.97. The minimum absolute atomic E-state index is 0.0348. The third-order valence-corrected chi connectivity index (χ3v) is 5.65. The summed E-state index contributed by atoms with van der Waals surface area (Å²) in [6, 6.07) is 10.7. The van der Waals surface area contributed by atoms with E-state index >= 15 is 0 Å². The predicted octanol–water partition coefficient (Wildman–Crippen LogP) is 2.78. The number of benzene rings is 1. The van der Waals surface area contributed by atoms with Gasteiger partial charge in [-0.25, -0.2) is 0 Å². The molecule has 0 saturated carbocycles. The average Bonchev–Trinajstić information content (AvgIpc) is 3.12. The van der Waals surface area contributed by atoms with Crippen LogP contribution in [0.5, 0.6) is 5.75 Å². The molecule has 1 atom stereocenters. The lowest BCUT2D eigenvalue weighted by Crippen LogP contribution is -2.63. The minimum Gasteiger partial charge on any atom is -0.497 e. The molecule has 6 nitrogen and oxygen atoms in total. The zero-order chi connectivity index (χ0) is 18.1. The van der Waals surface area contributed by atoms with Crippen LogP contribution in [0.25, 0.3) is 11.3 Å². The number of hydrogen-bond donors (Lipinski definition) is 1. The van der Waals surface area contributed by atoms with Crippen molar-refractivity contribution in [2.45, 2.75) is 38.3 Å². The van der Waals surface area contributed by atoms with Crippen LogP contribution in [0.3, 0.4) is 0 Å². The first-order chi connectivity index (χ1) is 12.7. The molecule has 26 heavy (non-hydrogen) atoms. The van der Waals surface area contributed by atoms with Gasteiger partial charge in [-0.1, -0.05) is 18.6 Å². The van der Waals surface area contributed by atoms with Crippen LogP contribution in [0.4, 0.5) is 0 Å². The molecule has 0 bridgehead atoms. The first-order valence-corrected chi connectivity index (χ1v) is 9.40. The van der Waals surface area contributed by atoms with Crippen molar-refractivity contribution in [1.82, 2.24) is 20.0 Å². The molecule has 2 aromatic rings. The number of hydrogen-bond acceptors (Lipinski definition) is 4. The Morgan fingerprint density at radius 2 is 2.12 bits per heavy atom. The van der Waals surface area contributed by atoms with Crippen LogP contribution in [0.1, 0.15) is 36.7 Å². The average molecular weight is 354 g/mol. The van der Waals surface area contributed by atoms with Crippen molar-refractivity contribution in [1.29, 1.82) is 0 Å². The molecule has 0 radical (unpaired) electrons. The summed E-state index contributed by atoms with van der Waals surface area (Å²) in [4.78, 5) is 17.2. The number of likely N-dealkylation sites (tertiary alicyclic amines) is 2. The van der Waals surface area contributed by atoms with E-state index in [9.17, 15) is 4.79 Å². The van der Waals surface area contributed by atoms with Crippen molar-refractivity contribution < 1.29 is 9.53 Å². The summed E-state index contributed by atoms with van der Waals surface area (Å²) in [7, 11) is 1.64. The number of nitrogens with zero attached hydrogens (tertiary/aromatic N) is 3. The number of nitrogens with one attached hydrogen (secondary N) is 1. The second kappa shape index (κ2) is 7.11. The Bertz CT molecular complexity index is 782. The molecule has 2 aliphatic heterocycles. The molecule has 1 unspecified atom stereocenters. The van der Waals surface area contributed by atoms with Crippen molar-refractivity contribution in [3.8, 4) is 17.0 Å². The number of piperidine rings is 1. The van der Waals surface area contributed by atoms with E-state index in [1.165, 1.54) is 19.3 Å². The molecule has 0 spiro atoms. The molecule has 2 aliphatic rings. The highest BCUT2D eigenvalue weighted by molar-refractivity contribution is 5.94. The highest BCUT2D eigenvalue weighted by atomic mass is 16.5. The molecular formula is C20H26N4O2. The fraction of sp³-hybridized carbons (Fsp3) is 0.500. The zero-order valence-corrected chi connectivity index (χ0v) is 15.4. The Morgan fingerprint density at radius 1 is 1.27 bits per heavy atom. The Labute approximate surface area is 154 Å². The Kier molecular flexibility index (Phi) is 4.68. The number of carbonyl (C=O) groups excluding carboxylic acids is 1. The summed E-state index contributed by atoms with van der Waals surface area (Å²) in [6.07, 6.45) is 3.88. The lowest BCUT2D eigenvalue weighted by molar-refractivity contribution is 0.00181. The highest BCUT2D eigenvalue weighted by Gasteiger charge is 2.38. The minimum atomic E-state index is 0.0348. The molecule has 3 heterocycles. The van der Waals surface area contributed by atoms with Gasteiger partial charge in [0.2, 0.25) is 0 Å². The Balaban J connectivity index is 1.40. The van der Waals surface area contributed by atoms with E-state index in [-0.39, 0.29) is 5.91 Å². The number of methoxy groups -OCH3 is 1. The fourth-order valence-electron chi connectivity index (χ4n) is 4.03. The number of H-pyrrole nitrogens is 1. The van der Waals surface area contributed by atoms with E-state index in [1.807, 2.05) is 35.2 Å². The maximum absolute atomic E-state index is 12.7. The molecule has 138 valence electrons. The molecule has 1 amide bonds. The lowest BCUT2D eigenvalue weighted by Gasteiger charge is -2.49. The van der Waals surface area contributed by atoms with Gasteiger partial charge in [-0.15, -0.1) is 0 Å². The van der Waals surface area contributed by atoms with Crippen LogP contribution >= 0.6 is 0 Å². The van der Waals surface area contributed by atoms with Gasteiger partial charge in [0.25, 0.3) is 5.91 Å². The Hall–Kier alpha value is -2.34. The molecule has 1 aromatic heterocycles. The van der Waals surface area contributed by atoms with E-state index in [0.717, 1.165) is 36.6 Å². The van der Waals surface area contributed by atoms with Gasteiger partial charge in [0.1, 0.15) is 11.4 Å². The predicted molar refractivity (Wildman–Crippen MR) is 100 cm³/mol. The number of ether oxygens (including phenoxy) is 1. The quantitative estimate of drug-likeness (QED) is 0.917. The van der Waals surface area contributed by atoms with Crippen molar-refractivity contribution in [2.24, 2.45) is 0 Å². The van der Waals surface area contributed by atoms with E-state index < -0.39 is 0 Å². The van der Waals surface area contributed by atoms with Gasteiger partial charge in [-0.2, -0.15) is 5.10 Å². The second-order valence-corrected chi connectivity index (χ2v) is 7.35. The van der Waals surface area contributed by atoms with Crippen LogP contribution in [-0.4, -0.2) is 64.7 Å². The van der Waals surface area contributed by atoms with Crippen LogP contribution in [-0.2, 0) is 0 Å². The van der Waals surface area contributed by atoms with Crippen molar-refractivity contribution >= 4 is 5.91 Å². The van der Waals surface area contributed by atoms with Crippen LogP contribution < -0.4 is 4.74 Å². The van der Waals surface area contributed by atoms with Gasteiger partial charge in [-0.05, 0) is 44.5 Å². The van der Waals surface area contributed by atoms with Gasteiger partial charge in [-0.3, -0.25) is 14.8 Å². The molecule has 1 aromatic carbocycles.